The molecular weight excluding hydrogens is 230 g/mol. The molecule has 4 nitrogen and oxygen atoms in total. The van der Waals surface area contributed by atoms with Crippen molar-refractivity contribution in [2.24, 2.45) is 0 Å². The van der Waals surface area contributed by atoms with Crippen LogP contribution in [0, 0.1) is 0 Å². The number of ketones is 1. The van der Waals surface area contributed by atoms with E-state index in [2.05, 4.69) is 0 Å². The Hall–Kier alpha value is -1.68. The molecule has 0 bridgehead atoms. The molecule has 0 amide bonds. The highest BCUT2D eigenvalue weighted by molar-refractivity contribution is 5.87. The van der Waals surface area contributed by atoms with Gasteiger partial charge in [0.15, 0.2) is 0 Å². The standard InChI is InChI=1S/C14H17NO3/c1-10(11-5-3-2-4-6-11)15-8-7-12(16)9-13(15)14(17)18/h2-6,10,13H,7-9H2,1H3,(H,17,18)/t10-,13?/m0/s1. The van der Waals surface area contributed by atoms with Crippen molar-refractivity contribution in [3.8, 4) is 0 Å². The van der Waals surface area contributed by atoms with E-state index in [0.717, 1.165) is 5.56 Å². The predicted molar refractivity (Wildman–Crippen MR) is 67.2 cm³/mol. The van der Waals surface area contributed by atoms with Crippen molar-refractivity contribution in [3.63, 3.8) is 0 Å². The van der Waals surface area contributed by atoms with Gasteiger partial charge < -0.3 is 5.11 Å². The fourth-order valence-electron chi connectivity index (χ4n) is 2.46. The predicted octanol–water partition coefficient (Wildman–Crippen LogP) is 1.87. The maximum absolute atomic E-state index is 11.4. The van der Waals surface area contributed by atoms with Gasteiger partial charge >= 0.3 is 5.97 Å². The number of carbonyl (C=O) groups excluding carboxylic acids is 1. The average molecular weight is 247 g/mol. The van der Waals surface area contributed by atoms with Crippen LogP contribution in [0.5, 0.6) is 0 Å². The molecule has 1 N–H and O–H groups in total. The van der Waals surface area contributed by atoms with Crippen molar-refractivity contribution in [1.29, 1.82) is 0 Å². The van der Waals surface area contributed by atoms with Gasteiger partial charge in [-0.2, -0.15) is 0 Å². The highest BCUT2D eigenvalue weighted by Gasteiger charge is 2.35. The smallest absolute Gasteiger partial charge is 0.321 e. The van der Waals surface area contributed by atoms with E-state index in [1.54, 1.807) is 0 Å². The molecule has 1 aliphatic rings. The third-order valence-electron chi connectivity index (χ3n) is 3.53. The second-order valence-corrected chi connectivity index (χ2v) is 4.67. The van der Waals surface area contributed by atoms with E-state index in [0.29, 0.717) is 13.0 Å². The Morgan fingerprint density at radius 2 is 2.06 bits per heavy atom. The molecule has 0 aromatic heterocycles. The first kappa shape index (κ1) is 12.8. The Morgan fingerprint density at radius 1 is 1.39 bits per heavy atom. The molecule has 1 unspecified atom stereocenters. The summed E-state index contributed by atoms with van der Waals surface area (Å²) in [6, 6.07) is 9.11. The number of carbonyl (C=O) groups is 2. The molecule has 1 saturated heterocycles. The maximum Gasteiger partial charge on any atom is 0.321 e. The number of hydrogen-bond acceptors (Lipinski definition) is 3. The largest absolute Gasteiger partial charge is 0.480 e. The molecule has 0 spiro atoms. The highest BCUT2D eigenvalue weighted by atomic mass is 16.4. The van der Waals surface area contributed by atoms with Gasteiger partial charge in [0.1, 0.15) is 11.8 Å². The molecule has 0 radical (unpaired) electrons. The molecule has 0 saturated carbocycles. The number of aliphatic carboxylic acids is 1. The SMILES string of the molecule is C[C@@H](c1ccccc1)N1CCC(=O)CC1C(=O)O. The van der Waals surface area contributed by atoms with Gasteiger partial charge in [0.2, 0.25) is 0 Å². The van der Waals surface area contributed by atoms with Crippen LogP contribution in [-0.2, 0) is 9.59 Å². The minimum absolute atomic E-state index is 0.0143. The number of likely N-dealkylation sites (tertiary alicyclic amines) is 1. The number of carboxylic acids is 1. The molecule has 0 aliphatic carbocycles. The summed E-state index contributed by atoms with van der Waals surface area (Å²) in [6.07, 6.45) is 0.563. The Morgan fingerprint density at radius 3 is 2.67 bits per heavy atom. The number of piperidine rings is 1. The highest BCUT2D eigenvalue weighted by Crippen LogP contribution is 2.27. The molecule has 18 heavy (non-hydrogen) atoms. The van der Waals surface area contributed by atoms with Crippen molar-refractivity contribution >= 4 is 11.8 Å². The van der Waals surface area contributed by atoms with E-state index in [4.69, 9.17) is 0 Å². The van der Waals surface area contributed by atoms with Crippen LogP contribution in [0.2, 0.25) is 0 Å². The Kier molecular flexibility index (Phi) is 3.77. The molecule has 96 valence electrons. The molecule has 1 aromatic carbocycles. The van der Waals surface area contributed by atoms with Crippen LogP contribution < -0.4 is 0 Å². The second-order valence-electron chi connectivity index (χ2n) is 4.67. The first-order valence-corrected chi connectivity index (χ1v) is 6.15. The van der Waals surface area contributed by atoms with Crippen LogP contribution in [0.3, 0.4) is 0 Å². The minimum Gasteiger partial charge on any atom is -0.480 e. The zero-order chi connectivity index (χ0) is 13.1. The lowest BCUT2D eigenvalue weighted by Crippen LogP contribution is -2.48. The number of Topliss-reactive ketones (excluding diaryl/α,β-unsaturated/α-hetero) is 1. The molecule has 1 aliphatic heterocycles. The van der Waals surface area contributed by atoms with Gasteiger partial charge in [0, 0.05) is 25.4 Å². The van der Waals surface area contributed by atoms with E-state index in [1.165, 1.54) is 0 Å². The summed E-state index contributed by atoms with van der Waals surface area (Å²) in [5, 5.41) is 9.23. The Labute approximate surface area is 106 Å². The van der Waals surface area contributed by atoms with E-state index < -0.39 is 12.0 Å². The fourth-order valence-corrected chi connectivity index (χ4v) is 2.46. The van der Waals surface area contributed by atoms with E-state index in [1.807, 2.05) is 42.2 Å². The number of hydrogen-bond donors (Lipinski definition) is 1. The summed E-state index contributed by atoms with van der Waals surface area (Å²) >= 11 is 0. The molecular formula is C14H17NO3. The quantitative estimate of drug-likeness (QED) is 0.885. The van der Waals surface area contributed by atoms with Gasteiger partial charge in [0.25, 0.3) is 0 Å². The fraction of sp³-hybridized carbons (Fsp3) is 0.429. The average Bonchev–Trinajstić information content (AvgIpc) is 2.39. The summed E-state index contributed by atoms with van der Waals surface area (Å²) in [4.78, 5) is 24.5. The van der Waals surface area contributed by atoms with Gasteiger partial charge in [-0.1, -0.05) is 30.3 Å². The minimum atomic E-state index is -0.911. The third-order valence-corrected chi connectivity index (χ3v) is 3.53. The Balaban J connectivity index is 2.20. The maximum atomic E-state index is 11.4. The summed E-state index contributed by atoms with van der Waals surface area (Å²) in [6.45, 7) is 2.51. The van der Waals surface area contributed by atoms with E-state index in [9.17, 15) is 14.7 Å². The van der Waals surface area contributed by atoms with Crippen LogP contribution in [0.15, 0.2) is 30.3 Å². The first-order valence-electron chi connectivity index (χ1n) is 6.15. The lowest BCUT2D eigenvalue weighted by molar-refractivity contribution is -0.148. The Bertz CT molecular complexity index is 444. The van der Waals surface area contributed by atoms with Gasteiger partial charge in [-0.3, -0.25) is 14.5 Å². The molecule has 1 fully saturated rings. The molecule has 1 aromatic rings. The number of rotatable bonds is 3. The number of nitrogens with zero attached hydrogens (tertiary/aromatic N) is 1. The lowest BCUT2D eigenvalue weighted by atomic mass is 9.96. The van der Waals surface area contributed by atoms with Crippen LogP contribution in [0.1, 0.15) is 31.4 Å². The third kappa shape index (κ3) is 2.59. The van der Waals surface area contributed by atoms with Crippen molar-refractivity contribution in [3.05, 3.63) is 35.9 Å². The van der Waals surface area contributed by atoms with Crippen molar-refractivity contribution < 1.29 is 14.7 Å². The van der Waals surface area contributed by atoms with Crippen LogP contribution in [0.25, 0.3) is 0 Å². The van der Waals surface area contributed by atoms with Crippen molar-refractivity contribution in [2.75, 3.05) is 6.54 Å². The van der Waals surface area contributed by atoms with Gasteiger partial charge in [0.05, 0.1) is 0 Å². The summed E-state index contributed by atoms with van der Waals surface area (Å²) in [5.41, 5.74) is 1.08. The van der Waals surface area contributed by atoms with Gasteiger partial charge in [-0.05, 0) is 12.5 Å². The summed E-state index contributed by atoms with van der Waals surface area (Å²) in [5.74, 6) is -0.871. The van der Waals surface area contributed by atoms with Crippen LogP contribution in [0.4, 0.5) is 0 Å². The molecule has 2 rings (SSSR count). The van der Waals surface area contributed by atoms with Crippen molar-refractivity contribution in [2.45, 2.75) is 31.8 Å². The zero-order valence-electron chi connectivity index (χ0n) is 10.4. The number of carboxylic acid groups (broad SMARTS) is 1. The summed E-state index contributed by atoms with van der Waals surface area (Å²) in [7, 11) is 0. The normalized spacial score (nSPS) is 22.7. The number of benzene rings is 1. The summed E-state index contributed by atoms with van der Waals surface area (Å²) < 4.78 is 0. The van der Waals surface area contributed by atoms with Gasteiger partial charge in [-0.25, -0.2) is 0 Å². The van der Waals surface area contributed by atoms with Gasteiger partial charge in [-0.15, -0.1) is 0 Å². The molecule has 2 atom stereocenters. The second kappa shape index (κ2) is 5.31. The zero-order valence-corrected chi connectivity index (χ0v) is 10.4. The first-order chi connectivity index (χ1) is 8.59. The monoisotopic (exact) mass is 247 g/mol. The van der Waals surface area contributed by atoms with Crippen LogP contribution in [-0.4, -0.2) is 34.3 Å². The van der Waals surface area contributed by atoms with E-state index in [-0.39, 0.29) is 18.2 Å². The van der Waals surface area contributed by atoms with Crippen LogP contribution >= 0.6 is 0 Å². The topological polar surface area (TPSA) is 57.6 Å². The molecule has 1 heterocycles. The lowest BCUT2D eigenvalue weighted by Gasteiger charge is -2.37. The van der Waals surface area contributed by atoms with E-state index >= 15 is 0 Å². The van der Waals surface area contributed by atoms with Crippen molar-refractivity contribution in [1.82, 2.24) is 4.90 Å². The molecule has 4 heteroatoms.